The van der Waals surface area contributed by atoms with Crippen LogP contribution >= 0.6 is 0 Å². The number of aryl methyl sites for hydroxylation is 1. The molecule has 0 aliphatic carbocycles. The highest BCUT2D eigenvalue weighted by Gasteiger charge is 2.01. The highest BCUT2D eigenvalue weighted by molar-refractivity contribution is 5.83. The molecule has 0 spiro atoms. The third kappa shape index (κ3) is 4.45. The number of nitrogens with two attached hydrogens (primary N) is 1. The molecule has 0 bridgehead atoms. The van der Waals surface area contributed by atoms with Gasteiger partial charge < -0.3 is 16.4 Å². The third-order valence-electron chi connectivity index (χ3n) is 2.03. The van der Waals surface area contributed by atoms with E-state index in [2.05, 4.69) is 10.6 Å². The normalized spacial score (nSPS) is 9.56. The Labute approximate surface area is 94.0 Å². The summed E-state index contributed by atoms with van der Waals surface area (Å²) in [4.78, 5) is 21.6. The molecule has 1 aromatic carbocycles. The molecule has 4 N–H and O–H groups in total. The van der Waals surface area contributed by atoms with Gasteiger partial charge in [-0.1, -0.05) is 29.8 Å². The van der Waals surface area contributed by atoms with Gasteiger partial charge in [0, 0.05) is 6.54 Å². The van der Waals surface area contributed by atoms with Crippen LogP contribution in [0.15, 0.2) is 24.3 Å². The van der Waals surface area contributed by atoms with Crippen molar-refractivity contribution in [3.05, 3.63) is 35.4 Å². The molecule has 0 heterocycles. The summed E-state index contributed by atoms with van der Waals surface area (Å²) in [7, 11) is 0. The molecule has 0 fully saturated rings. The molecule has 5 heteroatoms. The van der Waals surface area contributed by atoms with Crippen molar-refractivity contribution in [2.45, 2.75) is 13.5 Å². The van der Waals surface area contributed by atoms with Gasteiger partial charge in [-0.3, -0.25) is 4.79 Å². The molecule has 16 heavy (non-hydrogen) atoms. The molecule has 0 aromatic heterocycles. The lowest BCUT2D eigenvalue weighted by molar-refractivity contribution is -0.120. The standard InChI is InChI=1S/C11H15N3O2/c1-8-2-4-9(5-3-8)6-13-10(15)7-14-11(12)16/h2-5H,6-7H2,1H3,(H,13,15)(H3,12,14,16). The van der Waals surface area contributed by atoms with E-state index >= 15 is 0 Å². The van der Waals surface area contributed by atoms with E-state index in [1.807, 2.05) is 31.2 Å². The van der Waals surface area contributed by atoms with Crippen LogP contribution in [0, 0.1) is 6.92 Å². The lowest BCUT2D eigenvalue weighted by Crippen LogP contribution is -2.39. The minimum Gasteiger partial charge on any atom is -0.352 e. The SMILES string of the molecule is Cc1ccc(CNC(=O)CNC(N)=O)cc1. The largest absolute Gasteiger partial charge is 0.352 e. The van der Waals surface area contributed by atoms with Crippen LogP contribution in [0.1, 0.15) is 11.1 Å². The second-order valence-electron chi connectivity index (χ2n) is 3.48. The first kappa shape index (κ1) is 12.0. The maximum absolute atomic E-state index is 11.2. The van der Waals surface area contributed by atoms with Crippen LogP contribution in [-0.4, -0.2) is 18.5 Å². The van der Waals surface area contributed by atoms with Gasteiger partial charge in [-0.2, -0.15) is 0 Å². The first-order valence-electron chi connectivity index (χ1n) is 4.93. The monoisotopic (exact) mass is 221 g/mol. The van der Waals surface area contributed by atoms with Gasteiger partial charge in [0.1, 0.15) is 0 Å². The Hall–Kier alpha value is -2.04. The van der Waals surface area contributed by atoms with Crippen LogP contribution < -0.4 is 16.4 Å². The van der Waals surface area contributed by atoms with Crippen molar-refractivity contribution >= 4 is 11.9 Å². The molecule has 0 atom stereocenters. The molecule has 0 aliphatic heterocycles. The summed E-state index contributed by atoms with van der Waals surface area (Å²) in [6.07, 6.45) is 0. The second-order valence-corrected chi connectivity index (χ2v) is 3.48. The van der Waals surface area contributed by atoms with Crippen molar-refractivity contribution in [2.24, 2.45) is 5.73 Å². The second kappa shape index (κ2) is 5.75. The number of amides is 3. The van der Waals surface area contributed by atoms with E-state index in [4.69, 9.17) is 5.73 Å². The fourth-order valence-electron chi connectivity index (χ4n) is 1.14. The average molecular weight is 221 g/mol. The van der Waals surface area contributed by atoms with E-state index < -0.39 is 6.03 Å². The lowest BCUT2D eigenvalue weighted by Gasteiger charge is -2.05. The first-order valence-corrected chi connectivity index (χ1v) is 4.93. The summed E-state index contributed by atoms with van der Waals surface area (Å²) in [5.74, 6) is -0.264. The van der Waals surface area contributed by atoms with Gasteiger partial charge in [0.25, 0.3) is 0 Å². The predicted octanol–water partition coefficient (Wildman–Crippen LogP) is 0.280. The zero-order chi connectivity index (χ0) is 12.0. The number of rotatable bonds is 4. The number of carbonyl (C=O) groups excluding carboxylic acids is 2. The molecular formula is C11H15N3O2. The number of primary amides is 1. The van der Waals surface area contributed by atoms with Crippen LogP contribution in [0.3, 0.4) is 0 Å². The Morgan fingerprint density at radius 1 is 1.19 bits per heavy atom. The van der Waals surface area contributed by atoms with Crippen molar-refractivity contribution in [2.75, 3.05) is 6.54 Å². The Kier molecular flexibility index (Phi) is 4.32. The predicted molar refractivity (Wildman–Crippen MR) is 60.6 cm³/mol. The van der Waals surface area contributed by atoms with Crippen LogP contribution in [0.5, 0.6) is 0 Å². The molecule has 3 amide bonds. The molecule has 86 valence electrons. The number of benzene rings is 1. The quantitative estimate of drug-likeness (QED) is 0.682. The van der Waals surface area contributed by atoms with Gasteiger partial charge in [-0.15, -0.1) is 0 Å². The first-order chi connectivity index (χ1) is 7.58. The molecule has 1 rings (SSSR count). The zero-order valence-corrected chi connectivity index (χ0v) is 9.12. The summed E-state index contributed by atoms with van der Waals surface area (Å²) < 4.78 is 0. The van der Waals surface area contributed by atoms with E-state index in [0.29, 0.717) is 6.54 Å². The van der Waals surface area contributed by atoms with E-state index in [1.165, 1.54) is 5.56 Å². The molecule has 0 saturated heterocycles. The minimum absolute atomic E-state index is 0.0960. The van der Waals surface area contributed by atoms with Crippen molar-refractivity contribution in [3.8, 4) is 0 Å². The fourth-order valence-corrected chi connectivity index (χ4v) is 1.14. The van der Waals surface area contributed by atoms with E-state index in [9.17, 15) is 9.59 Å². The molecule has 0 unspecified atom stereocenters. The summed E-state index contributed by atoms with van der Waals surface area (Å²) in [5, 5.41) is 4.88. The van der Waals surface area contributed by atoms with E-state index in [0.717, 1.165) is 5.56 Å². The summed E-state index contributed by atoms with van der Waals surface area (Å²) in [5.41, 5.74) is 7.02. The molecule has 0 saturated carbocycles. The number of hydrogen-bond donors (Lipinski definition) is 3. The number of hydrogen-bond acceptors (Lipinski definition) is 2. The van der Waals surface area contributed by atoms with Gasteiger partial charge in [0.2, 0.25) is 5.91 Å². The Bertz CT molecular complexity index is 373. The zero-order valence-electron chi connectivity index (χ0n) is 9.12. The molecule has 1 aromatic rings. The third-order valence-corrected chi connectivity index (χ3v) is 2.03. The maximum Gasteiger partial charge on any atom is 0.312 e. The Balaban J connectivity index is 2.31. The average Bonchev–Trinajstić information content (AvgIpc) is 2.25. The maximum atomic E-state index is 11.2. The summed E-state index contributed by atoms with van der Waals surface area (Å²) >= 11 is 0. The summed E-state index contributed by atoms with van der Waals surface area (Å²) in [6.45, 7) is 2.35. The van der Waals surface area contributed by atoms with Gasteiger partial charge in [0.05, 0.1) is 6.54 Å². The van der Waals surface area contributed by atoms with Crippen molar-refractivity contribution in [1.29, 1.82) is 0 Å². The van der Waals surface area contributed by atoms with Crippen LogP contribution in [-0.2, 0) is 11.3 Å². The topological polar surface area (TPSA) is 84.2 Å². The minimum atomic E-state index is -0.703. The van der Waals surface area contributed by atoms with Crippen molar-refractivity contribution < 1.29 is 9.59 Å². The number of urea groups is 1. The molecule has 0 aliphatic rings. The van der Waals surface area contributed by atoms with Gasteiger partial charge >= 0.3 is 6.03 Å². The summed E-state index contributed by atoms with van der Waals surface area (Å²) in [6, 6.07) is 7.13. The van der Waals surface area contributed by atoms with Crippen LogP contribution in [0.2, 0.25) is 0 Å². The lowest BCUT2D eigenvalue weighted by atomic mass is 10.1. The van der Waals surface area contributed by atoms with Gasteiger partial charge in [-0.25, -0.2) is 4.79 Å². The number of nitrogens with one attached hydrogen (secondary N) is 2. The fraction of sp³-hybridized carbons (Fsp3) is 0.273. The molecule has 0 radical (unpaired) electrons. The van der Waals surface area contributed by atoms with E-state index in [-0.39, 0.29) is 12.5 Å². The Morgan fingerprint density at radius 2 is 1.81 bits per heavy atom. The van der Waals surface area contributed by atoms with Gasteiger partial charge in [0.15, 0.2) is 0 Å². The van der Waals surface area contributed by atoms with Crippen LogP contribution in [0.4, 0.5) is 4.79 Å². The van der Waals surface area contributed by atoms with Crippen molar-refractivity contribution in [1.82, 2.24) is 10.6 Å². The highest BCUT2D eigenvalue weighted by Crippen LogP contribution is 2.01. The van der Waals surface area contributed by atoms with Gasteiger partial charge in [-0.05, 0) is 12.5 Å². The number of carbonyl (C=O) groups is 2. The Morgan fingerprint density at radius 3 is 2.38 bits per heavy atom. The van der Waals surface area contributed by atoms with Crippen molar-refractivity contribution in [3.63, 3.8) is 0 Å². The molecule has 5 nitrogen and oxygen atoms in total. The van der Waals surface area contributed by atoms with Crippen LogP contribution in [0.25, 0.3) is 0 Å². The highest BCUT2D eigenvalue weighted by atomic mass is 16.2. The van der Waals surface area contributed by atoms with E-state index in [1.54, 1.807) is 0 Å². The molecular weight excluding hydrogens is 206 g/mol. The smallest absolute Gasteiger partial charge is 0.312 e.